The highest BCUT2D eigenvalue weighted by Gasteiger charge is 2.31. The van der Waals surface area contributed by atoms with E-state index in [1.807, 2.05) is 13.0 Å². The number of hydrogen-bond donors (Lipinski definition) is 2. The maximum absolute atomic E-state index is 12.2. The van der Waals surface area contributed by atoms with Gasteiger partial charge in [0.25, 0.3) is 0 Å². The van der Waals surface area contributed by atoms with Crippen LogP contribution < -0.4 is 15.4 Å². The highest BCUT2D eigenvalue weighted by atomic mass is 16.5. The van der Waals surface area contributed by atoms with E-state index in [0.717, 1.165) is 19.5 Å². The Labute approximate surface area is 148 Å². The van der Waals surface area contributed by atoms with Crippen LogP contribution in [0.4, 0.5) is 5.69 Å². The smallest absolute Gasteiger partial charge is 0.313 e. The Balaban J connectivity index is 1.48. The zero-order valence-corrected chi connectivity index (χ0v) is 14.8. The van der Waals surface area contributed by atoms with Gasteiger partial charge in [-0.15, -0.1) is 0 Å². The van der Waals surface area contributed by atoms with E-state index in [1.54, 1.807) is 18.2 Å². The molecule has 3 rings (SSSR count). The lowest BCUT2D eigenvalue weighted by atomic mass is 10.2. The van der Waals surface area contributed by atoms with Crippen molar-refractivity contribution < 1.29 is 14.3 Å². The van der Waals surface area contributed by atoms with Crippen molar-refractivity contribution in [3.05, 3.63) is 24.3 Å². The number of ether oxygens (including phenoxy) is 1. The van der Waals surface area contributed by atoms with Gasteiger partial charge >= 0.3 is 11.8 Å². The minimum absolute atomic E-state index is 0.0635. The number of amides is 2. The molecule has 0 spiro atoms. The molecule has 136 valence electrons. The van der Waals surface area contributed by atoms with Crippen LogP contribution in [0.1, 0.15) is 39.0 Å². The summed E-state index contributed by atoms with van der Waals surface area (Å²) in [6.07, 6.45) is 6.05. The number of benzene rings is 1. The maximum atomic E-state index is 12.2. The van der Waals surface area contributed by atoms with Crippen molar-refractivity contribution in [3.8, 4) is 5.75 Å². The number of rotatable bonds is 5. The summed E-state index contributed by atoms with van der Waals surface area (Å²) >= 11 is 0. The summed E-state index contributed by atoms with van der Waals surface area (Å²) in [4.78, 5) is 26.8. The SMILES string of the molecule is CCOc1cccc(NC(=O)C(=O)N[C@@H]2CCN(C3CCCC3)C2)c1. The molecule has 25 heavy (non-hydrogen) atoms. The maximum Gasteiger partial charge on any atom is 0.313 e. The topological polar surface area (TPSA) is 70.7 Å². The lowest BCUT2D eigenvalue weighted by Gasteiger charge is -2.23. The summed E-state index contributed by atoms with van der Waals surface area (Å²) < 4.78 is 5.40. The first-order valence-electron chi connectivity index (χ1n) is 9.24. The van der Waals surface area contributed by atoms with Crippen LogP contribution in [0.5, 0.6) is 5.75 Å². The molecule has 2 N–H and O–H groups in total. The molecule has 0 aromatic heterocycles. The summed E-state index contributed by atoms with van der Waals surface area (Å²) in [6, 6.07) is 7.78. The number of carbonyl (C=O) groups excluding carboxylic acids is 2. The zero-order chi connectivity index (χ0) is 17.6. The van der Waals surface area contributed by atoms with E-state index < -0.39 is 11.8 Å². The van der Waals surface area contributed by atoms with Crippen LogP contribution in [0.2, 0.25) is 0 Å². The molecule has 1 heterocycles. The van der Waals surface area contributed by atoms with Crippen LogP contribution in [0.15, 0.2) is 24.3 Å². The summed E-state index contributed by atoms with van der Waals surface area (Å²) in [6.45, 7) is 4.31. The Morgan fingerprint density at radius 3 is 2.76 bits per heavy atom. The third kappa shape index (κ3) is 4.72. The molecule has 0 unspecified atom stereocenters. The van der Waals surface area contributed by atoms with Crippen molar-refractivity contribution in [2.75, 3.05) is 25.0 Å². The first kappa shape index (κ1) is 17.7. The van der Waals surface area contributed by atoms with Crippen molar-refractivity contribution >= 4 is 17.5 Å². The number of nitrogens with one attached hydrogen (secondary N) is 2. The lowest BCUT2D eigenvalue weighted by Crippen LogP contribution is -2.43. The Morgan fingerprint density at radius 1 is 1.20 bits per heavy atom. The van der Waals surface area contributed by atoms with Crippen molar-refractivity contribution in [1.82, 2.24) is 10.2 Å². The molecule has 6 heteroatoms. The summed E-state index contributed by atoms with van der Waals surface area (Å²) in [5.74, 6) is -0.531. The lowest BCUT2D eigenvalue weighted by molar-refractivity contribution is -0.136. The van der Waals surface area contributed by atoms with Gasteiger partial charge in [-0.3, -0.25) is 14.5 Å². The molecule has 1 aromatic rings. The van der Waals surface area contributed by atoms with Gasteiger partial charge in [-0.1, -0.05) is 18.9 Å². The first-order chi connectivity index (χ1) is 12.2. The molecule has 6 nitrogen and oxygen atoms in total. The van der Waals surface area contributed by atoms with Crippen LogP contribution in [0.3, 0.4) is 0 Å². The summed E-state index contributed by atoms with van der Waals surface area (Å²) in [5, 5.41) is 5.50. The average molecular weight is 345 g/mol. The third-order valence-corrected chi connectivity index (χ3v) is 5.01. The largest absolute Gasteiger partial charge is 0.494 e. The van der Waals surface area contributed by atoms with Crippen LogP contribution >= 0.6 is 0 Å². The van der Waals surface area contributed by atoms with Crippen LogP contribution in [0.25, 0.3) is 0 Å². The minimum atomic E-state index is -0.632. The van der Waals surface area contributed by atoms with Crippen molar-refractivity contribution in [1.29, 1.82) is 0 Å². The van der Waals surface area contributed by atoms with Gasteiger partial charge in [0.05, 0.1) is 6.61 Å². The second-order valence-corrected chi connectivity index (χ2v) is 6.81. The third-order valence-electron chi connectivity index (χ3n) is 5.01. The van der Waals surface area contributed by atoms with Gasteiger partial charge in [0, 0.05) is 36.9 Å². The van der Waals surface area contributed by atoms with E-state index in [4.69, 9.17) is 4.74 Å². The molecule has 0 bridgehead atoms. The van der Waals surface area contributed by atoms with Crippen LogP contribution in [0, 0.1) is 0 Å². The Hall–Kier alpha value is -2.08. The minimum Gasteiger partial charge on any atom is -0.494 e. The van der Waals surface area contributed by atoms with Crippen molar-refractivity contribution in [3.63, 3.8) is 0 Å². The molecule has 1 atom stereocenters. The molecular weight excluding hydrogens is 318 g/mol. The molecule has 1 aromatic carbocycles. The molecule has 1 aliphatic carbocycles. The molecule has 2 amide bonds. The number of nitrogens with zero attached hydrogens (tertiary/aromatic N) is 1. The molecule has 2 aliphatic rings. The summed E-state index contributed by atoms with van der Waals surface area (Å²) in [5.41, 5.74) is 0.560. The van der Waals surface area contributed by atoms with E-state index in [0.29, 0.717) is 24.1 Å². The van der Waals surface area contributed by atoms with E-state index >= 15 is 0 Å². The van der Waals surface area contributed by atoms with E-state index in [-0.39, 0.29) is 6.04 Å². The number of carbonyl (C=O) groups is 2. The van der Waals surface area contributed by atoms with Gasteiger partial charge < -0.3 is 15.4 Å². The highest BCUT2D eigenvalue weighted by molar-refractivity contribution is 6.39. The molecule has 1 aliphatic heterocycles. The first-order valence-corrected chi connectivity index (χ1v) is 9.24. The van der Waals surface area contributed by atoms with Gasteiger partial charge in [0.2, 0.25) is 0 Å². The van der Waals surface area contributed by atoms with E-state index in [1.165, 1.54) is 25.7 Å². The van der Waals surface area contributed by atoms with Crippen molar-refractivity contribution in [2.45, 2.75) is 51.1 Å². The Morgan fingerprint density at radius 2 is 2.00 bits per heavy atom. The monoisotopic (exact) mass is 345 g/mol. The number of hydrogen-bond acceptors (Lipinski definition) is 4. The van der Waals surface area contributed by atoms with Gasteiger partial charge in [-0.05, 0) is 38.3 Å². The van der Waals surface area contributed by atoms with Gasteiger partial charge in [0.15, 0.2) is 0 Å². The van der Waals surface area contributed by atoms with Crippen LogP contribution in [-0.4, -0.2) is 48.5 Å². The normalized spacial score (nSPS) is 21.2. The van der Waals surface area contributed by atoms with E-state index in [9.17, 15) is 9.59 Å². The van der Waals surface area contributed by atoms with Gasteiger partial charge in [0.1, 0.15) is 5.75 Å². The predicted molar refractivity (Wildman–Crippen MR) is 96.6 cm³/mol. The Kier molecular flexibility index (Phi) is 5.91. The molecule has 1 saturated heterocycles. The van der Waals surface area contributed by atoms with Crippen LogP contribution in [-0.2, 0) is 9.59 Å². The van der Waals surface area contributed by atoms with Gasteiger partial charge in [-0.2, -0.15) is 0 Å². The zero-order valence-electron chi connectivity index (χ0n) is 14.8. The number of anilines is 1. The van der Waals surface area contributed by atoms with E-state index in [2.05, 4.69) is 15.5 Å². The van der Waals surface area contributed by atoms with Gasteiger partial charge in [-0.25, -0.2) is 0 Å². The quantitative estimate of drug-likeness (QED) is 0.802. The standard InChI is InChI=1S/C19H27N3O3/c1-2-25-17-9-5-6-14(12-17)20-18(23)19(24)21-15-10-11-22(13-15)16-7-3-4-8-16/h5-6,9,12,15-16H,2-4,7-8,10-11,13H2,1H3,(H,20,23)(H,21,24)/t15-/m1/s1. The average Bonchev–Trinajstić information content (AvgIpc) is 3.26. The summed E-state index contributed by atoms with van der Waals surface area (Å²) in [7, 11) is 0. The second kappa shape index (κ2) is 8.34. The Bertz CT molecular complexity index is 614. The highest BCUT2D eigenvalue weighted by Crippen LogP contribution is 2.26. The van der Waals surface area contributed by atoms with Crippen molar-refractivity contribution in [2.24, 2.45) is 0 Å². The number of likely N-dealkylation sites (tertiary alicyclic amines) is 1. The molecule has 2 fully saturated rings. The fourth-order valence-electron chi connectivity index (χ4n) is 3.78. The molecule has 1 saturated carbocycles. The second-order valence-electron chi connectivity index (χ2n) is 6.81. The molecule has 0 radical (unpaired) electrons. The fraction of sp³-hybridized carbons (Fsp3) is 0.579. The predicted octanol–water partition coefficient (Wildman–Crippen LogP) is 2.16. The molecular formula is C19H27N3O3. The fourth-order valence-corrected chi connectivity index (χ4v) is 3.78.